The highest BCUT2D eigenvalue weighted by atomic mass is 15.4. The van der Waals surface area contributed by atoms with E-state index in [0.717, 1.165) is 6.67 Å². The van der Waals surface area contributed by atoms with E-state index in [1.165, 1.54) is 67.6 Å². The number of rotatable bonds is 1. The van der Waals surface area contributed by atoms with Crippen LogP contribution in [0.15, 0.2) is 30.3 Å². The van der Waals surface area contributed by atoms with Gasteiger partial charge in [0.2, 0.25) is 0 Å². The van der Waals surface area contributed by atoms with E-state index < -0.39 is 0 Å². The van der Waals surface area contributed by atoms with Crippen molar-refractivity contribution in [3.63, 3.8) is 0 Å². The van der Waals surface area contributed by atoms with Gasteiger partial charge in [-0.2, -0.15) is 0 Å². The molecule has 2 aliphatic carbocycles. The van der Waals surface area contributed by atoms with Crippen LogP contribution in [-0.4, -0.2) is 12.7 Å². The molecule has 0 amide bonds. The second-order valence-electron chi connectivity index (χ2n) is 12.8. The molecule has 1 saturated carbocycles. The molecule has 0 bridgehead atoms. The average molecular weight is 429 g/mol. The minimum Gasteiger partial charge on any atom is -0.349 e. The summed E-state index contributed by atoms with van der Waals surface area (Å²) in [6.45, 7) is 15.9. The van der Waals surface area contributed by atoms with Gasteiger partial charge >= 0.3 is 0 Å². The maximum absolute atomic E-state index is 2.75. The first-order valence-corrected chi connectivity index (χ1v) is 13.0. The SMILES string of the molecule is CC1(C)CCC(C)(C)c2c1ccc1c2C(C)(C)c2cccc3c2N1CN3C1CCCCC1. The van der Waals surface area contributed by atoms with Crippen molar-refractivity contribution in [1.82, 2.24) is 0 Å². The maximum atomic E-state index is 2.75. The van der Waals surface area contributed by atoms with Gasteiger partial charge in [0.05, 0.1) is 18.0 Å². The monoisotopic (exact) mass is 428 g/mol. The van der Waals surface area contributed by atoms with Gasteiger partial charge in [-0.05, 0) is 70.9 Å². The summed E-state index contributed by atoms with van der Waals surface area (Å²) in [5.74, 6) is 0. The third kappa shape index (κ3) is 2.65. The third-order valence-corrected chi connectivity index (χ3v) is 9.46. The van der Waals surface area contributed by atoms with Crippen molar-refractivity contribution < 1.29 is 0 Å². The Hall–Kier alpha value is -1.96. The Balaban J connectivity index is 1.59. The van der Waals surface area contributed by atoms with Gasteiger partial charge < -0.3 is 9.80 Å². The first-order chi connectivity index (χ1) is 15.1. The molecule has 0 radical (unpaired) electrons. The van der Waals surface area contributed by atoms with Crippen LogP contribution in [0.5, 0.6) is 0 Å². The van der Waals surface area contributed by atoms with Gasteiger partial charge in [-0.1, -0.05) is 79.0 Å². The molecule has 0 aromatic heterocycles. The van der Waals surface area contributed by atoms with Gasteiger partial charge in [0.1, 0.15) is 0 Å². The molecular weight excluding hydrogens is 388 g/mol. The van der Waals surface area contributed by atoms with Crippen molar-refractivity contribution in [2.24, 2.45) is 0 Å². The Morgan fingerprint density at radius 1 is 0.719 bits per heavy atom. The molecule has 0 atom stereocenters. The molecule has 0 unspecified atom stereocenters. The van der Waals surface area contributed by atoms with Gasteiger partial charge in [0.15, 0.2) is 0 Å². The lowest BCUT2D eigenvalue weighted by molar-refractivity contribution is 0.326. The van der Waals surface area contributed by atoms with E-state index in [9.17, 15) is 0 Å². The molecular formula is C30H40N2. The number of anilines is 3. The largest absolute Gasteiger partial charge is 0.349 e. The van der Waals surface area contributed by atoms with Crippen LogP contribution in [0.4, 0.5) is 17.1 Å². The molecule has 0 spiro atoms. The first kappa shape index (κ1) is 20.6. The Bertz CT molecular complexity index is 1080. The number of hydrogen-bond donors (Lipinski definition) is 0. The van der Waals surface area contributed by atoms with Crippen molar-refractivity contribution in [3.05, 3.63) is 52.6 Å². The smallest absolute Gasteiger partial charge is 0.0956 e. The molecule has 32 heavy (non-hydrogen) atoms. The summed E-state index contributed by atoms with van der Waals surface area (Å²) in [6, 6.07) is 12.8. The first-order valence-electron chi connectivity index (χ1n) is 13.0. The van der Waals surface area contributed by atoms with Gasteiger partial charge in [-0.3, -0.25) is 0 Å². The highest BCUT2D eigenvalue weighted by Gasteiger charge is 2.48. The standard InChI is InChI=1S/C30H40N2/c1-28(2)17-18-29(3,4)25-21(28)15-16-23-26(25)30(5,6)22-13-10-14-24-27(22)32(23)19-31(24)20-11-8-7-9-12-20/h10,13-16,20H,7-9,11-12,17-19H2,1-6H3. The van der Waals surface area contributed by atoms with Crippen LogP contribution in [0.2, 0.25) is 0 Å². The summed E-state index contributed by atoms with van der Waals surface area (Å²) in [7, 11) is 0. The lowest BCUT2D eigenvalue weighted by atomic mass is 9.58. The summed E-state index contributed by atoms with van der Waals surface area (Å²) < 4.78 is 0. The van der Waals surface area contributed by atoms with E-state index in [4.69, 9.17) is 0 Å². The van der Waals surface area contributed by atoms with Crippen molar-refractivity contribution in [2.75, 3.05) is 16.5 Å². The summed E-state index contributed by atoms with van der Waals surface area (Å²) >= 11 is 0. The Labute approximate surface area is 195 Å². The molecule has 1 fully saturated rings. The zero-order valence-corrected chi connectivity index (χ0v) is 21.0. The molecule has 2 aliphatic heterocycles. The van der Waals surface area contributed by atoms with Crippen LogP contribution >= 0.6 is 0 Å². The van der Waals surface area contributed by atoms with Crippen molar-refractivity contribution in [1.29, 1.82) is 0 Å². The van der Waals surface area contributed by atoms with Crippen LogP contribution in [0.3, 0.4) is 0 Å². The van der Waals surface area contributed by atoms with Gasteiger partial charge in [0.25, 0.3) is 0 Å². The normalized spacial score (nSPS) is 24.7. The average Bonchev–Trinajstić information content (AvgIpc) is 3.16. The molecule has 0 N–H and O–H groups in total. The van der Waals surface area contributed by atoms with Crippen molar-refractivity contribution in [3.8, 4) is 0 Å². The van der Waals surface area contributed by atoms with Gasteiger partial charge in [-0.25, -0.2) is 0 Å². The fourth-order valence-corrected chi connectivity index (χ4v) is 7.49. The number of fused-ring (bicyclic) bond motifs is 4. The van der Waals surface area contributed by atoms with Crippen LogP contribution < -0.4 is 9.80 Å². The molecule has 0 saturated heterocycles. The quantitative estimate of drug-likeness (QED) is 0.455. The molecule has 2 heterocycles. The lowest BCUT2D eigenvalue weighted by Crippen LogP contribution is -2.42. The lowest BCUT2D eigenvalue weighted by Gasteiger charge is -2.49. The fraction of sp³-hybridized carbons (Fsp3) is 0.600. The van der Waals surface area contributed by atoms with Crippen LogP contribution in [0, 0.1) is 0 Å². The van der Waals surface area contributed by atoms with E-state index in [1.807, 2.05) is 0 Å². The van der Waals surface area contributed by atoms with Crippen LogP contribution in [-0.2, 0) is 16.2 Å². The Kier molecular flexibility index (Phi) is 4.22. The zero-order chi connectivity index (χ0) is 22.5. The minimum atomic E-state index is 0.00971. The van der Waals surface area contributed by atoms with E-state index in [0.29, 0.717) is 6.04 Å². The summed E-state index contributed by atoms with van der Waals surface area (Å²) in [5, 5.41) is 0. The second-order valence-corrected chi connectivity index (χ2v) is 12.8. The van der Waals surface area contributed by atoms with Crippen LogP contribution in [0.25, 0.3) is 0 Å². The zero-order valence-electron chi connectivity index (χ0n) is 21.0. The van der Waals surface area contributed by atoms with Gasteiger partial charge in [0, 0.05) is 17.1 Å². The molecule has 2 nitrogen and oxygen atoms in total. The Morgan fingerprint density at radius 3 is 2.19 bits per heavy atom. The van der Waals surface area contributed by atoms with Gasteiger partial charge in [-0.15, -0.1) is 0 Å². The van der Waals surface area contributed by atoms with Crippen molar-refractivity contribution in [2.45, 2.75) is 109 Å². The van der Waals surface area contributed by atoms with Crippen LogP contribution in [0.1, 0.15) is 109 Å². The summed E-state index contributed by atoms with van der Waals surface area (Å²) in [6.07, 6.45) is 9.41. The number of benzene rings is 2. The Morgan fingerprint density at radius 2 is 1.44 bits per heavy atom. The predicted octanol–water partition coefficient (Wildman–Crippen LogP) is 7.92. The van der Waals surface area contributed by atoms with E-state index in [-0.39, 0.29) is 16.2 Å². The highest BCUT2D eigenvalue weighted by molar-refractivity contribution is 5.91. The van der Waals surface area contributed by atoms with E-state index in [2.05, 4.69) is 81.7 Å². The maximum Gasteiger partial charge on any atom is 0.0956 e. The summed E-state index contributed by atoms with van der Waals surface area (Å²) in [5.41, 5.74) is 11.3. The number of nitrogens with zero attached hydrogens (tertiary/aromatic N) is 2. The van der Waals surface area contributed by atoms with Crippen molar-refractivity contribution >= 4 is 17.1 Å². The van der Waals surface area contributed by atoms with E-state index >= 15 is 0 Å². The topological polar surface area (TPSA) is 6.48 Å². The third-order valence-electron chi connectivity index (χ3n) is 9.46. The number of hydrogen-bond acceptors (Lipinski definition) is 2. The molecule has 4 aliphatic rings. The molecule has 2 aromatic rings. The summed E-state index contributed by atoms with van der Waals surface area (Å²) in [4.78, 5) is 5.43. The molecule has 6 rings (SSSR count). The van der Waals surface area contributed by atoms with E-state index in [1.54, 1.807) is 16.7 Å². The molecule has 170 valence electrons. The molecule has 2 aromatic carbocycles. The predicted molar refractivity (Wildman–Crippen MR) is 137 cm³/mol. The second kappa shape index (κ2) is 6.55. The minimum absolute atomic E-state index is 0.00971. The fourth-order valence-electron chi connectivity index (χ4n) is 7.49. The number of para-hydroxylation sites is 1. The highest BCUT2D eigenvalue weighted by Crippen LogP contribution is 2.60. The molecule has 2 heteroatoms.